The molecule has 0 aliphatic carbocycles. The quantitative estimate of drug-likeness (QED) is 0.798. The zero-order valence-electron chi connectivity index (χ0n) is 8.84. The number of rotatable bonds is 3. The topological polar surface area (TPSA) is 59.2 Å². The van der Waals surface area contributed by atoms with Crippen LogP contribution in [0.3, 0.4) is 0 Å². The molecule has 4 nitrogen and oxygen atoms in total. The van der Waals surface area contributed by atoms with Gasteiger partial charge in [-0.2, -0.15) is 0 Å². The van der Waals surface area contributed by atoms with Gasteiger partial charge in [0.2, 0.25) is 5.56 Å². The molecule has 0 atom stereocenters. The lowest BCUT2D eigenvalue weighted by molar-refractivity contribution is -0.139. The van der Waals surface area contributed by atoms with Crippen molar-refractivity contribution in [1.82, 2.24) is 4.98 Å². The molecule has 1 heterocycles. The summed E-state index contributed by atoms with van der Waals surface area (Å²) in [6.07, 6.45) is -3.07. The summed E-state index contributed by atoms with van der Waals surface area (Å²) in [4.78, 5) is 24.4. The van der Waals surface area contributed by atoms with Gasteiger partial charge in [-0.3, -0.25) is 9.59 Å². The lowest BCUT2D eigenvalue weighted by Gasteiger charge is -2.10. The van der Waals surface area contributed by atoms with Crippen LogP contribution in [0.25, 0.3) is 0 Å². The number of carbonyl (C=O) groups is 1. The van der Waals surface area contributed by atoms with Crippen LogP contribution < -0.4 is 5.56 Å². The predicted octanol–water partition coefficient (Wildman–Crippen LogP) is 1.34. The number of aromatic amines is 1. The molecule has 0 saturated carbocycles. The third kappa shape index (κ3) is 2.65. The number of aromatic nitrogens is 1. The predicted molar refractivity (Wildman–Crippen MR) is 52.5 cm³/mol. The first-order valence-corrected chi connectivity index (χ1v) is 4.53. The molecule has 0 amide bonds. The Balaban J connectivity index is 3.24. The lowest BCUT2D eigenvalue weighted by Crippen LogP contribution is -2.16. The summed E-state index contributed by atoms with van der Waals surface area (Å²) in [5.41, 5.74) is -0.664. The minimum Gasteiger partial charge on any atom is -0.469 e. The number of carbonyl (C=O) groups excluding carboxylic acids is 1. The highest BCUT2D eigenvalue weighted by atomic mass is 19.3. The molecular weight excluding hydrogens is 220 g/mol. The Bertz CT molecular complexity index is 454. The van der Waals surface area contributed by atoms with E-state index in [1.165, 1.54) is 14.0 Å². The molecule has 1 N–H and O–H groups in total. The Kier molecular flexibility index (Phi) is 3.76. The second-order valence-corrected chi connectivity index (χ2v) is 3.25. The van der Waals surface area contributed by atoms with Gasteiger partial charge in [0.25, 0.3) is 6.43 Å². The highest BCUT2D eigenvalue weighted by molar-refractivity contribution is 5.73. The maximum atomic E-state index is 12.6. The summed E-state index contributed by atoms with van der Waals surface area (Å²) in [6, 6.07) is 0.802. The number of alkyl halides is 2. The van der Waals surface area contributed by atoms with E-state index in [0.717, 1.165) is 6.07 Å². The standard InChI is InChI=1S/C10H11F2NO3/c1-5-6(4-9(15)16-2)7(10(11)12)3-8(14)13-5/h3,10H,4H2,1-2H3,(H,13,14). The number of H-pyrrole nitrogens is 1. The van der Waals surface area contributed by atoms with E-state index in [4.69, 9.17) is 0 Å². The summed E-state index contributed by atoms with van der Waals surface area (Å²) in [5, 5.41) is 0. The monoisotopic (exact) mass is 231 g/mol. The zero-order valence-corrected chi connectivity index (χ0v) is 8.84. The summed E-state index contributed by atoms with van der Waals surface area (Å²) in [7, 11) is 1.17. The fourth-order valence-corrected chi connectivity index (χ4v) is 1.39. The number of hydrogen-bond acceptors (Lipinski definition) is 3. The van der Waals surface area contributed by atoms with Crippen LogP contribution in [0, 0.1) is 6.92 Å². The second-order valence-electron chi connectivity index (χ2n) is 3.25. The Morgan fingerprint density at radius 2 is 2.19 bits per heavy atom. The van der Waals surface area contributed by atoms with Crippen molar-refractivity contribution in [3.63, 3.8) is 0 Å². The maximum absolute atomic E-state index is 12.6. The van der Waals surface area contributed by atoms with Crippen LogP contribution in [0.1, 0.15) is 23.2 Å². The second kappa shape index (κ2) is 4.87. The SMILES string of the molecule is COC(=O)Cc1c(C(F)F)cc(=O)[nH]c1C. The van der Waals surface area contributed by atoms with E-state index < -0.39 is 23.5 Å². The first kappa shape index (κ1) is 12.4. The number of methoxy groups -OCH3 is 1. The molecule has 0 aromatic carbocycles. The Hall–Kier alpha value is -1.72. The van der Waals surface area contributed by atoms with Gasteiger partial charge in [-0.05, 0) is 12.5 Å². The smallest absolute Gasteiger partial charge is 0.310 e. The summed E-state index contributed by atoms with van der Waals surface area (Å²) >= 11 is 0. The highest BCUT2D eigenvalue weighted by Crippen LogP contribution is 2.23. The first-order valence-electron chi connectivity index (χ1n) is 4.53. The molecule has 1 rings (SSSR count). The molecule has 0 unspecified atom stereocenters. The molecule has 16 heavy (non-hydrogen) atoms. The number of halogens is 2. The van der Waals surface area contributed by atoms with E-state index in [1.54, 1.807) is 0 Å². The maximum Gasteiger partial charge on any atom is 0.310 e. The lowest BCUT2D eigenvalue weighted by atomic mass is 10.0. The largest absolute Gasteiger partial charge is 0.469 e. The third-order valence-corrected chi connectivity index (χ3v) is 2.18. The highest BCUT2D eigenvalue weighted by Gasteiger charge is 2.18. The molecule has 0 radical (unpaired) electrons. The fraction of sp³-hybridized carbons (Fsp3) is 0.400. The Labute approximate surface area is 90.2 Å². The van der Waals surface area contributed by atoms with E-state index >= 15 is 0 Å². The number of nitrogens with one attached hydrogen (secondary N) is 1. The van der Waals surface area contributed by atoms with E-state index in [1.807, 2.05) is 0 Å². The molecule has 0 spiro atoms. The van der Waals surface area contributed by atoms with Gasteiger partial charge in [0, 0.05) is 17.3 Å². The van der Waals surface area contributed by atoms with E-state index in [0.29, 0.717) is 0 Å². The van der Waals surface area contributed by atoms with Gasteiger partial charge in [-0.25, -0.2) is 8.78 Å². The van der Waals surface area contributed by atoms with Crippen LogP contribution in [0.5, 0.6) is 0 Å². The fourth-order valence-electron chi connectivity index (χ4n) is 1.39. The van der Waals surface area contributed by atoms with E-state index in [9.17, 15) is 18.4 Å². The molecular formula is C10H11F2NO3. The number of hydrogen-bond donors (Lipinski definition) is 1. The first-order chi connectivity index (χ1) is 7.45. The van der Waals surface area contributed by atoms with Gasteiger partial charge in [0.1, 0.15) is 0 Å². The third-order valence-electron chi connectivity index (χ3n) is 2.18. The van der Waals surface area contributed by atoms with Gasteiger partial charge >= 0.3 is 5.97 Å². The number of aryl methyl sites for hydroxylation is 1. The molecule has 6 heteroatoms. The van der Waals surface area contributed by atoms with Crippen molar-refractivity contribution in [2.24, 2.45) is 0 Å². The van der Waals surface area contributed by atoms with Crippen LogP contribution in [0.15, 0.2) is 10.9 Å². The van der Waals surface area contributed by atoms with Crippen LogP contribution in [0.2, 0.25) is 0 Å². The van der Waals surface area contributed by atoms with Crippen molar-refractivity contribution in [3.8, 4) is 0 Å². The minimum absolute atomic E-state index is 0.112. The van der Waals surface area contributed by atoms with Crippen molar-refractivity contribution in [3.05, 3.63) is 33.2 Å². The zero-order chi connectivity index (χ0) is 12.3. The molecule has 0 bridgehead atoms. The van der Waals surface area contributed by atoms with Crippen molar-refractivity contribution >= 4 is 5.97 Å². The molecule has 88 valence electrons. The van der Waals surface area contributed by atoms with Gasteiger partial charge in [0.05, 0.1) is 13.5 Å². The van der Waals surface area contributed by atoms with Gasteiger partial charge in [0.15, 0.2) is 0 Å². The van der Waals surface area contributed by atoms with Crippen LogP contribution in [-0.4, -0.2) is 18.1 Å². The van der Waals surface area contributed by atoms with Crippen molar-refractivity contribution in [1.29, 1.82) is 0 Å². The molecule has 0 saturated heterocycles. The van der Waals surface area contributed by atoms with Crippen LogP contribution in [0.4, 0.5) is 8.78 Å². The van der Waals surface area contributed by atoms with Gasteiger partial charge in [-0.1, -0.05) is 0 Å². The Morgan fingerprint density at radius 1 is 1.56 bits per heavy atom. The summed E-state index contributed by atoms with van der Waals surface area (Å²) in [6.45, 7) is 1.46. The molecule has 0 aliphatic heterocycles. The molecule has 0 aliphatic rings. The van der Waals surface area contributed by atoms with Crippen LogP contribution >= 0.6 is 0 Å². The molecule has 1 aromatic rings. The average molecular weight is 231 g/mol. The number of pyridine rings is 1. The normalized spacial score (nSPS) is 10.6. The summed E-state index contributed by atoms with van der Waals surface area (Å²) < 4.78 is 29.7. The number of esters is 1. The van der Waals surface area contributed by atoms with Crippen molar-refractivity contribution in [2.45, 2.75) is 19.8 Å². The number of ether oxygens (including phenoxy) is 1. The average Bonchev–Trinajstić information content (AvgIpc) is 2.20. The minimum atomic E-state index is -2.79. The van der Waals surface area contributed by atoms with Crippen LogP contribution in [-0.2, 0) is 16.0 Å². The van der Waals surface area contributed by atoms with E-state index in [2.05, 4.69) is 9.72 Å². The summed E-state index contributed by atoms with van der Waals surface area (Å²) in [5.74, 6) is -0.628. The van der Waals surface area contributed by atoms with E-state index in [-0.39, 0.29) is 17.7 Å². The Morgan fingerprint density at radius 3 is 2.69 bits per heavy atom. The van der Waals surface area contributed by atoms with Crippen molar-refractivity contribution in [2.75, 3.05) is 7.11 Å². The van der Waals surface area contributed by atoms with Gasteiger partial charge in [-0.15, -0.1) is 0 Å². The molecule has 1 aromatic heterocycles. The molecule has 0 fully saturated rings. The van der Waals surface area contributed by atoms with Crippen molar-refractivity contribution < 1.29 is 18.3 Å². The van der Waals surface area contributed by atoms with Gasteiger partial charge < -0.3 is 9.72 Å².